The lowest BCUT2D eigenvalue weighted by atomic mass is 9.71. The van der Waals surface area contributed by atoms with Gasteiger partial charge in [0.15, 0.2) is 0 Å². The van der Waals surface area contributed by atoms with Gasteiger partial charge >= 0.3 is 0 Å². The van der Waals surface area contributed by atoms with E-state index in [0.717, 1.165) is 38.4 Å². The van der Waals surface area contributed by atoms with E-state index in [9.17, 15) is 4.79 Å². The third-order valence-corrected chi connectivity index (χ3v) is 5.53. The number of rotatable bonds is 5. The van der Waals surface area contributed by atoms with E-state index in [1.807, 2.05) is 0 Å². The van der Waals surface area contributed by atoms with Crippen LogP contribution in [0.1, 0.15) is 57.8 Å². The zero-order valence-corrected chi connectivity index (χ0v) is 15.0. The lowest BCUT2D eigenvalue weighted by Gasteiger charge is -2.36. The highest BCUT2D eigenvalue weighted by Gasteiger charge is 2.36. The Morgan fingerprint density at radius 3 is 2.41 bits per heavy atom. The molecule has 2 saturated carbocycles. The van der Waals surface area contributed by atoms with E-state index >= 15 is 0 Å². The van der Waals surface area contributed by atoms with Crippen LogP contribution in [0.3, 0.4) is 0 Å². The minimum Gasteiger partial charge on any atom is -0.352 e. The molecule has 22 heavy (non-hydrogen) atoms. The van der Waals surface area contributed by atoms with Crippen LogP contribution in [0.4, 0.5) is 0 Å². The lowest BCUT2D eigenvalue weighted by Crippen LogP contribution is -2.42. The molecule has 1 saturated heterocycles. The first kappa shape index (κ1) is 20.0. The lowest BCUT2D eigenvalue weighted by molar-refractivity contribution is -0.124. The number of nitrogens with two attached hydrogens (primary N) is 1. The van der Waals surface area contributed by atoms with Gasteiger partial charge in [-0.1, -0.05) is 19.3 Å². The zero-order valence-electron chi connectivity index (χ0n) is 13.4. The molecule has 1 atom stereocenters. The molecular weight excluding hydrogens is 321 g/mol. The number of halogens is 2. The first-order valence-corrected chi connectivity index (χ1v) is 8.44. The Kier molecular flexibility index (Phi) is 7.93. The minimum atomic E-state index is 0. The summed E-state index contributed by atoms with van der Waals surface area (Å²) in [7, 11) is 0. The number of carbonyl (C=O) groups is 1. The second kappa shape index (κ2) is 8.72. The van der Waals surface area contributed by atoms with Crippen LogP contribution in [0.25, 0.3) is 0 Å². The molecular formula is C16H31Cl2N3O. The molecule has 3 rings (SSSR count). The van der Waals surface area contributed by atoms with Gasteiger partial charge in [0.2, 0.25) is 5.91 Å². The summed E-state index contributed by atoms with van der Waals surface area (Å²) < 4.78 is 0. The van der Waals surface area contributed by atoms with Gasteiger partial charge < -0.3 is 11.1 Å². The van der Waals surface area contributed by atoms with E-state index in [2.05, 4.69) is 10.2 Å². The predicted molar refractivity (Wildman–Crippen MR) is 94.8 cm³/mol. The highest BCUT2D eigenvalue weighted by Crippen LogP contribution is 2.38. The molecule has 1 aliphatic heterocycles. The van der Waals surface area contributed by atoms with Crippen molar-refractivity contribution in [2.24, 2.45) is 11.1 Å². The normalized spacial score (nSPS) is 27.6. The van der Waals surface area contributed by atoms with Crippen molar-refractivity contribution < 1.29 is 4.79 Å². The summed E-state index contributed by atoms with van der Waals surface area (Å²) in [5.41, 5.74) is 6.07. The topological polar surface area (TPSA) is 58.4 Å². The van der Waals surface area contributed by atoms with Crippen LogP contribution in [-0.4, -0.2) is 42.5 Å². The summed E-state index contributed by atoms with van der Waals surface area (Å²) in [6.07, 6.45) is 10.5. The SMILES string of the molecule is Cl.Cl.NCC1(CC(=O)NC2CCN(C3CC3)C2)CCCCC1. The van der Waals surface area contributed by atoms with Crippen LogP contribution in [0, 0.1) is 5.41 Å². The molecule has 0 aromatic heterocycles. The van der Waals surface area contributed by atoms with E-state index in [1.165, 1.54) is 32.1 Å². The van der Waals surface area contributed by atoms with E-state index in [1.54, 1.807) is 0 Å². The summed E-state index contributed by atoms with van der Waals surface area (Å²) in [6.45, 7) is 2.89. The molecule has 4 nitrogen and oxygen atoms in total. The number of hydrogen-bond donors (Lipinski definition) is 2. The van der Waals surface area contributed by atoms with Crippen molar-refractivity contribution in [2.45, 2.75) is 69.9 Å². The van der Waals surface area contributed by atoms with Crippen LogP contribution in [0.2, 0.25) is 0 Å². The number of likely N-dealkylation sites (tertiary alicyclic amines) is 1. The highest BCUT2D eigenvalue weighted by molar-refractivity contribution is 5.85. The van der Waals surface area contributed by atoms with Crippen molar-refractivity contribution in [3.05, 3.63) is 0 Å². The molecule has 0 spiro atoms. The van der Waals surface area contributed by atoms with Gasteiger partial charge in [0.25, 0.3) is 0 Å². The Bertz CT molecular complexity index is 357. The van der Waals surface area contributed by atoms with Crippen LogP contribution in [-0.2, 0) is 4.79 Å². The first-order valence-electron chi connectivity index (χ1n) is 8.44. The third kappa shape index (κ3) is 4.98. The summed E-state index contributed by atoms with van der Waals surface area (Å²) in [5.74, 6) is 0.236. The quantitative estimate of drug-likeness (QED) is 0.799. The average molecular weight is 352 g/mol. The Balaban J connectivity index is 0.00000121. The predicted octanol–water partition coefficient (Wildman–Crippen LogP) is 2.48. The van der Waals surface area contributed by atoms with Crippen LogP contribution < -0.4 is 11.1 Å². The van der Waals surface area contributed by atoms with Gasteiger partial charge in [-0.15, -0.1) is 24.8 Å². The Labute approximate surface area is 146 Å². The molecule has 1 heterocycles. The number of carbonyl (C=O) groups excluding carboxylic acids is 1. The number of hydrogen-bond acceptors (Lipinski definition) is 3. The second-order valence-electron chi connectivity index (χ2n) is 7.22. The van der Waals surface area contributed by atoms with Gasteiger partial charge in [-0.3, -0.25) is 9.69 Å². The summed E-state index contributed by atoms with van der Waals surface area (Å²) in [5, 5.41) is 3.26. The molecule has 6 heteroatoms. The van der Waals surface area contributed by atoms with Crippen LogP contribution in [0.5, 0.6) is 0 Å². The van der Waals surface area contributed by atoms with Gasteiger partial charge in [-0.25, -0.2) is 0 Å². The minimum absolute atomic E-state index is 0. The standard InChI is InChI=1S/C16H29N3O.2ClH/c17-12-16(7-2-1-3-8-16)10-15(20)18-13-6-9-19(11-13)14-4-5-14;;/h13-14H,1-12,17H2,(H,18,20);2*1H. The van der Waals surface area contributed by atoms with Crippen molar-refractivity contribution in [1.82, 2.24) is 10.2 Å². The van der Waals surface area contributed by atoms with E-state index in [4.69, 9.17) is 5.73 Å². The van der Waals surface area contributed by atoms with Crippen LogP contribution in [0.15, 0.2) is 0 Å². The van der Waals surface area contributed by atoms with Gasteiger partial charge in [0.05, 0.1) is 0 Å². The van der Waals surface area contributed by atoms with Gasteiger partial charge in [-0.2, -0.15) is 0 Å². The van der Waals surface area contributed by atoms with Gasteiger partial charge in [0, 0.05) is 31.6 Å². The van der Waals surface area contributed by atoms with Crippen molar-refractivity contribution in [3.8, 4) is 0 Å². The third-order valence-electron chi connectivity index (χ3n) is 5.53. The molecule has 3 N–H and O–H groups in total. The highest BCUT2D eigenvalue weighted by atomic mass is 35.5. The summed E-state index contributed by atoms with van der Waals surface area (Å²) in [4.78, 5) is 14.9. The van der Waals surface area contributed by atoms with Crippen molar-refractivity contribution in [3.63, 3.8) is 0 Å². The van der Waals surface area contributed by atoms with Crippen molar-refractivity contribution in [1.29, 1.82) is 0 Å². The molecule has 2 aliphatic carbocycles. The number of nitrogens with zero attached hydrogens (tertiary/aromatic N) is 1. The monoisotopic (exact) mass is 351 g/mol. The average Bonchev–Trinajstić information content (AvgIpc) is 3.21. The molecule has 130 valence electrons. The Hall–Kier alpha value is -0.0300. The fraction of sp³-hybridized carbons (Fsp3) is 0.938. The molecule has 0 bridgehead atoms. The van der Waals surface area contributed by atoms with E-state index < -0.39 is 0 Å². The summed E-state index contributed by atoms with van der Waals surface area (Å²) in [6, 6.07) is 1.20. The number of nitrogens with one attached hydrogen (secondary N) is 1. The summed E-state index contributed by atoms with van der Waals surface area (Å²) >= 11 is 0. The molecule has 1 unspecified atom stereocenters. The molecule has 3 aliphatic rings. The maximum atomic E-state index is 12.3. The fourth-order valence-electron chi connectivity index (χ4n) is 4.05. The smallest absolute Gasteiger partial charge is 0.220 e. The van der Waals surface area contributed by atoms with Crippen molar-refractivity contribution >= 4 is 30.7 Å². The largest absolute Gasteiger partial charge is 0.352 e. The molecule has 1 amide bonds. The maximum absolute atomic E-state index is 12.3. The van der Waals surface area contributed by atoms with Gasteiger partial charge in [0.1, 0.15) is 0 Å². The van der Waals surface area contributed by atoms with Crippen molar-refractivity contribution in [2.75, 3.05) is 19.6 Å². The van der Waals surface area contributed by atoms with E-state index in [-0.39, 0.29) is 36.1 Å². The zero-order chi connectivity index (χ0) is 14.0. The maximum Gasteiger partial charge on any atom is 0.220 e. The van der Waals surface area contributed by atoms with Gasteiger partial charge in [-0.05, 0) is 44.1 Å². The fourth-order valence-corrected chi connectivity index (χ4v) is 4.05. The Morgan fingerprint density at radius 2 is 1.82 bits per heavy atom. The van der Waals surface area contributed by atoms with Crippen LogP contribution >= 0.6 is 24.8 Å². The molecule has 0 aromatic rings. The van der Waals surface area contributed by atoms with E-state index in [0.29, 0.717) is 19.0 Å². The molecule has 3 fully saturated rings. The Morgan fingerprint density at radius 1 is 1.14 bits per heavy atom. The molecule has 0 aromatic carbocycles. The first-order chi connectivity index (χ1) is 9.71. The second-order valence-corrected chi connectivity index (χ2v) is 7.22. The molecule has 0 radical (unpaired) electrons. The number of amides is 1.